The quantitative estimate of drug-likeness (QED) is 0.885. The first-order chi connectivity index (χ1) is 9.99. The lowest BCUT2D eigenvalue weighted by Crippen LogP contribution is -2.39. The van der Waals surface area contributed by atoms with E-state index in [2.05, 4.69) is 42.6 Å². The molecule has 0 amide bonds. The SMILES string of the molecule is CC(C)N(CCOc1nc(N)nc2ccccc12)C(C)C. The van der Waals surface area contributed by atoms with Crippen molar-refractivity contribution in [1.82, 2.24) is 14.9 Å². The zero-order valence-corrected chi connectivity index (χ0v) is 13.2. The van der Waals surface area contributed by atoms with Crippen molar-refractivity contribution >= 4 is 16.9 Å². The Hall–Kier alpha value is -1.88. The molecule has 0 bridgehead atoms. The van der Waals surface area contributed by atoms with Crippen molar-refractivity contribution in [3.8, 4) is 5.88 Å². The molecule has 0 radical (unpaired) electrons. The molecule has 1 heterocycles. The molecule has 2 aromatic rings. The normalized spacial score (nSPS) is 11.8. The molecule has 21 heavy (non-hydrogen) atoms. The number of fused-ring (bicyclic) bond motifs is 1. The minimum absolute atomic E-state index is 0.244. The van der Waals surface area contributed by atoms with E-state index < -0.39 is 0 Å². The molecule has 0 aliphatic rings. The fraction of sp³-hybridized carbons (Fsp3) is 0.500. The van der Waals surface area contributed by atoms with Crippen LogP contribution in [0.15, 0.2) is 24.3 Å². The van der Waals surface area contributed by atoms with Gasteiger partial charge in [0.25, 0.3) is 0 Å². The molecule has 5 heteroatoms. The number of aromatic nitrogens is 2. The predicted octanol–water partition coefficient (Wildman–Crippen LogP) is 2.71. The molecule has 0 fully saturated rings. The third-order valence-corrected chi connectivity index (χ3v) is 3.50. The van der Waals surface area contributed by atoms with Gasteiger partial charge in [-0.3, -0.25) is 4.90 Å². The smallest absolute Gasteiger partial charge is 0.226 e. The first-order valence-electron chi connectivity index (χ1n) is 7.40. The summed E-state index contributed by atoms with van der Waals surface area (Å²) in [5.41, 5.74) is 6.55. The Morgan fingerprint density at radius 2 is 1.76 bits per heavy atom. The highest BCUT2D eigenvalue weighted by Crippen LogP contribution is 2.22. The van der Waals surface area contributed by atoms with E-state index >= 15 is 0 Å². The number of ether oxygens (including phenoxy) is 1. The highest BCUT2D eigenvalue weighted by molar-refractivity contribution is 5.84. The zero-order chi connectivity index (χ0) is 15.4. The van der Waals surface area contributed by atoms with Gasteiger partial charge in [-0.15, -0.1) is 0 Å². The van der Waals surface area contributed by atoms with Crippen LogP contribution in [0.4, 0.5) is 5.95 Å². The average Bonchev–Trinajstić information content (AvgIpc) is 2.42. The summed E-state index contributed by atoms with van der Waals surface area (Å²) >= 11 is 0. The second-order valence-corrected chi connectivity index (χ2v) is 5.68. The van der Waals surface area contributed by atoms with E-state index in [-0.39, 0.29) is 5.95 Å². The van der Waals surface area contributed by atoms with Crippen LogP contribution in [0.5, 0.6) is 5.88 Å². The minimum Gasteiger partial charge on any atom is -0.476 e. The summed E-state index contributed by atoms with van der Waals surface area (Å²) in [7, 11) is 0. The van der Waals surface area contributed by atoms with Crippen molar-refractivity contribution in [2.45, 2.75) is 39.8 Å². The lowest BCUT2D eigenvalue weighted by molar-refractivity contribution is 0.141. The van der Waals surface area contributed by atoms with Gasteiger partial charge < -0.3 is 10.5 Å². The summed E-state index contributed by atoms with van der Waals surface area (Å²) in [5, 5.41) is 0.896. The standard InChI is InChI=1S/C16H24N4O/c1-11(2)20(12(3)4)9-10-21-15-13-7-5-6-8-14(13)18-16(17)19-15/h5-8,11-12H,9-10H2,1-4H3,(H2,17,18,19). The molecule has 1 aromatic heterocycles. The van der Waals surface area contributed by atoms with Crippen LogP contribution in [-0.2, 0) is 0 Å². The van der Waals surface area contributed by atoms with E-state index in [1.807, 2.05) is 24.3 Å². The van der Waals surface area contributed by atoms with Gasteiger partial charge in [0.1, 0.15) is 6.61 Å². The third-order valence-electron chi connectivity index (χ3n) is 3.50. The zero-order valence-electron chi connectivity index (χ0n) is 13.2. The summed E-state index contributed by atoms with van der Waals surface area (Å²) in [6.45, 7) is 10.2. The molecule has 0 unspecified atom stereocenters. The van der Waals surface area contributed by atoms with Gasteiger partial charge in [-0.1, -0.05) is 12.1 Å². The lowest BCUT2D eigenvalue weighted by atomic mass is 10.2. The van der Waals surface area contributed by atoms with E-state index in [0.29, 0.717) is 24.6 Å². The summed E-state index contributed by atoms with van der Waals surface area (Å²) in [5.74, 6) is 0.804. The summed E-state index contributed by atoms with van der Waals surface area (Å²) in [4.78, 5) is 10.8. The molecule has 0 saturated carbocycles. The first kappa shape index (κ1) is 15.5. The largest absolute Gasteiger partial charge is 0.476 e. The van der Waals surface area contributed by atoms with Crippen LogP contribution in [0.3, 0.4) is 0 Å². The van der Waals surface area contributed by atoms with Crippen molar-refractivity contribution in [3.05, 3.63) is 24.3 Å². The Morgan fingerprint density at radius 1 is 1.10 bits per heavy atom. The monoisotopic (exact) mass is 288 g/mol. The Labute approximate surface area is 126 Å². The Kier molecular flexibility index (Phi) is 4.96. The van der Waals surface area contributed by atoms with Crippen LogP contribution in [0.1, 0.15) is 27.7 Å². The number of benzene rings is 1. The number of rotatable bonds is 6. The van der Waals surface area contributed by atoms with E-state index in [4.69, 9.17) is 10.5 Å². The van der Waals surface area contributed by atoms with Gasteiger partial charge >= 0.3 is 0 Å². The van der Waals surface area contributed by atoms with Crippen LogP contribution in [0.2, 0.25) is 0 Å². The lowest BCUT2D eigenvalue weighted by Gasteiger charge is -2.30. The van der Waals surface area contributed by atoms with E-state index in [9.17, 15) is 0 Å². The fourth-order valence-electron chi connectivity index (χ4n) is 2.54. The molecule has 114 valence electrons. The van der Waals surface area contributed by atoms with Crippen LogP contribution in [-0.4, -0.2) is 40.1 Å². The highest BCUT2D eigenvalue weighted by atomic mass is 16.5. The molecule has 0 saturated heterocycles. The summed E-state index contributed by atoms with van der Waals surface area (Å²) in [6, 6.07) is 8.71. The topological polar surface area (TPSA) is 64.3 Å². The maximum Gasteiger partial charge on any atom is 0.226 e. The van der Waals surface area contributed by atoms with Crippen molar-refractivity contribution in [2.24, 2.45) is 0 Å². The van der Waals surface area contributed by atoms with Crippen molar-refractivity contribution < 1.29 is 4.74 Å². The Bertz CT molecular complexity index is 590. The molecule has 0 atom stereocenters. The maximum absolute atomic E-state index is 5.86. The second-order valence-electron chi connectivity index (χ2n) is 5.68. The van der Waals surface area contributed by atoms with Crippen LogP contribution < -0.4 is 10.5 Å². The molecular weight excluding hydrogens is 264 g/mol. The second kappa shape index (κ2) is 6.72. The van der Waals surface area contributed by atoms with Crippen LogP contribution in [0.25, 0.3) is 10.9 Å². The molecule has 5 nitrogen and oxygen atoms in total. The number of nitrogens with two attached hydrogens (primary N) is 1. The fourth-order valence-corrected chi connectivity index (χ4v) is 2.54. The Morgan fingerprint density at radius 3 is 2.43 bits per heavy atom. The minimum atomic E-state index is 0.244. The van der Waals surface area contributed by atoms with Crippen LogP contribution in [0, 0.1) is 0 Å². The molecule has 0 aliphatic heterocycles. The molecular formula is C16H24N4O. The van der Waals surface area contributed by atoms with Crippen molar-refractivity contribution in [1.29, 1.82) is 0 Å². The maximum atomic E-state index is 5.86. The molecule has 0 spiro atoms. The van der Waals surface area contributed by atoms with Gasteiger partial charge in [0.15, 0.2) is 0 Å². The van der Waals surface area contributed by atoms with E-state index in [1.165, 1.54) is 0 Å². The molecule has 2 N–H and O–H groups in total. The van der Waals surface area contributed by atoms with Crippen LogP contribution >= 0.6 is 0 Å². The third kappa shape index (κ3) is 3.82. The first-order valence-corrected chi connectivity index (χ1v) is 7.40. The number of anilines is 1. The highest BCUT2D eigenvalue weighted by Gasteiger charge is 2.14. The van der Waals surface area contributed by atoms with Gasteiger partial charge in [-0.25, -0.2) is 4.98 Å². The van der Waals surface area contributed by atoms with Crippen molar-refractivity contribution in [2.75, 3.05) is 18.9 Å². The van der Waals surface area contributed by atoms with Gasteiger partial charge in [-0.2, -0.15) is 4.98 Å². The van der Waals surface area contributed by atoms with Gasteiger partial charge in [0.2, 0.25) is 11.8 Å². The number of hydrogen-bond donors (Lipinski definition) is 1. The average molecular weight is 288 g/mol. The Balaban J connectivity index is 2.10. The van der Waals surface area contributed by atoms with Crippen molar-refractivity contribution in [3.63, 3.8) is 0 Å². The predicted molar refractivity (Wildman–Crippen MR) is 86.4 cm³/mol. The molecule has 1 aromatic carbocycles. The number of hydrogen-bond acceptors (Lipinski definition) is 5. The van der Waals surface area contributed by atoms with Gasteiger partial charge in [-0.05, 0) is 39.8 Å². The number of para-hydroxylation sites is 1. The molecule has 2 rings (SSSR count). The van der Waals surface area contributed by atoms with Gasteiger partial charge in [0, 0.05) is 18.6 Å². The number of nitrogens with zero attached hydrogens (tertiary/aromatic N) is 3. The summed E-state index contributed by atoms with van der Waals surface area (Å²) < 4.78 is 5.86. The van der Waals surface area contributed by atoms with E-state index in [0.717, 1.165) is 17.4 Å². The molecule has 0 aliphatic carbocycles. The van der Waals surface area contributed by atoms with Gasteiger partial charge in [0.05, 0.1) is 10.9 Å². The number of nitrogen functional groups attached to an aromatic ring is 1. The summed E-state index contributed by atoms with van der Waals surface area (Å²) in [6.07, 6.45) is 0. The van der Waals surface area contributed by atoms with E-state index in [1.54, 1.807) is 0 Å².